The van der Waals surface area contributed by atoms with Crippen LogP contribution in [-0.2, 0) is 5.54 Å². The maximum absolute atomic E-state index is 6.22. The van der Waals surface area contributed by atoms with Crippen molar-refractivity contribution in [3.63, 3.8) is 0 Å². The Morgan fingerprint density at radius 3 is 2.75 bits per heavy atom. The first-order chi connectivity index (χ1) is 7.67. The molecule has 0 unspecified atom stereocenters. The van der Waals surface area contributed by atoms with E-state index in [9.17, 15) is 0 Å². The van der Waals surface area contributed by atoms with E-state index < -0.39 is 0 Å². The molecule has 2 aliphatic rings. The number of hydrogen-bond donors (Lipinski definition) is 1. The molecule has 2 fully saturated rings. The molecule has 16 heavy (non-hydrogen) atoms. The molecule has 0 saturated heterocycles. The predicted octanol–water partition coefficient (Wildman–Crippen LogP) is 3.08. The molecule has 0 aliphatic heterocycles. The summed E-state index contributed by atoms with van der Waals surface area (Å²) in [6, 6.07) is 5.78. The third kappa shape index (κ3) is 2.04. The molecule has 0 amide bonds. The minimum atomic E-state index is -0.177. The van der Waals surface area contributed by atoms with Gasteiger partial charge in [0.25, 0.3) is 0 Å². The van der Waals surface area contributed by atoms with Gasteiger partial charge in [-0.2, -0.15) is 0 Å². The van der Waals surface area contributed by atoms with Crippen LogP contribution in [-0.4, -0.2) is 6.61 Å². The maximum Gasteiger partial charge on any atom is 0.124 e. The first kappa shape index (κ1) is 10.4. The number of ether oxygens (including phenoxy) is 1. The van der Waals surface area contributed by atoms with E-state index in [1.807, 2.05) is 18.2 Å². The zero-order valence-electron chi connectivity index (χ0n) is 9.21. The monoisotopic (exact) mass is 237 g/mol. The van der Waals surface area contributed by atoms with E-state index in [1.165, 1.54) is 12.8 Å². The van der Waals surface area contributed by atoms with Gasteiger partial charge < -0.3 is 10.5 Å². The van der Waals surface area contributed by atoms with Gasteiger partial charge in [-0.25, -0.2) is 0 Å². The molecule has 0 bridgehead atoms. The number of rotatable bonds is 4. The molecule has 2 aliphatic carbocycles. The second kappa shape index (κ2) is 3.64. The van der Waals surface area contributed by atoms with Gasteiger partial charge in [0.05, 0.1) is 6.61 Å². The van der Waals surface area contributed by atoms with Crippen molar-refractivity contribution >= 4 is 11.6 Å². The molecule has 0 atom stereocenters. The van der Waals surface area contributed by atoms with Crippen LogP contribution in [0.3, 0.4) is 0 Å². The molecular weight excluding hydrogens is 222 g/mol. The Bertz CT molecular complexity index is 410. The highest BCUT2D eigenvalue weighted by molar-refractivity contribution is 6.30. The van der Waals surface area contributed by atoms with Crippen LogP contribution in [0.15, 0.2) is 18.2 Å². The van der Waals surface area contributed by atoms with Crippen LogP contribution in [0.1, 0.15) is 31.2 Å². The predicted molar refractivity (Wildman–Crippen MR) is 64.8 cm³/mol. The Labute approximate surface area is 101 Å². The summed E-state index contributed by atoms with van der Waals surface area (Å²) in [5, 5.41) is 0.741. The summed E-state index contributed by atoms with van der Waals surface area (Å²) in [5.41, 5.74) is 7.13. The van der Waals surface area contributed by atoms with Crippen LogP contribution in [0.2, 0.25) is 5.02 Å². The molecule has 0 radical (unpaired) electrons. The van der Waals surface area contributed by atoms with E-state index in [0.717, 1.165) is 41.7 Å². The minimum absolute atomic E-state index is 0.177. The molecule has 86 valence electrons. The van der Waals surface area contributed by atoms with E-state index in [-0.39, 0.29) is 5.54 Å². The number of benzene rings is 1. The number of hydrogen-bond acceptors (Lipinski definition) is 2. The molecule has 0 aromatic heterocycles. The fourth-order valence-corrected chi connectivity index (χ4v) is 2.09. The Morgan fingerprint density at radius 2 is 2.12 bits per heavy atom. The summed E-state index contributed by atoms with van der Waals surface area (Å²) >= 11 is 6.01. The van der Waals surface area contributed by atoms with Crippen molar-refractivity contribution in [1.82, 2.24) is 0 Å². The van der Waals surface area contributed by atoms with Crippen molar-refractivity contribution in [1.29, 1.82) is 0 Å². The fourth-order valence-electron chi connectivity index (χ4n) is 1.91. The first-order valence-electron chi connectivity index (χ1n) is 5.89. The van der Waals surface area contributed by atoms with Crippen molar-refractivity contribution in [3.8, 4) is 5.75 Å². The third-order valence-electron chi connectivity index (χ3n) is 3.44. The van der Waals surface area contributed by atoms with E-state index in [0.29, 0.717) is 0 Å². The largest absolute Gasteiger partial charge is 0.493 e. The summed E-state index contributed by atoms with van der Waals surface area (Å²) in [4.78, 5) is 0. The van der Waals surface area contributed by atoms with Gasteiger partial charge in [0.15, 0.2) is 0 Å². The molecule has 0 heterocycles. The molecule has 2 N–H and O–H groups in total. The minimum Gasteiger partial charge on any atom is -0.493 e. The Hall–Kier alpha value is -0.730. The quantitative estimate of drug-likeness (QED) is 0.874. The Kier molecular flexibility index (Phi) is 2.37. The normalized spacial score (nSPS) is 21.9. The molecule has 2 saturated carbocycles. The lowest BCUT2D eigenvalue weighted by atomic mass is 10.0. The van der Waals surface area contributed by atoms with Crippen LogP contribution < -0.4 is 10.5 Å². The van der Waals surface area contributed by atoms with Crippen LogP contribution in [0.4, 0.5) is 0 Å². The van der Waals surface area contributed by atoms with Crippen molar-refractivity contribution in [2.24, 2.45) is 11.7 Å². The molecule has 1 aromatic carbocycles. The Balaban J connectivity index is 1.83. The van der Waals surface area contributed by atoms with E-state index in [2.05, 4.69) is 0 Å². The zero-order valence-corrected chi connectivity index (χ0v) is 9.96. The molecule has 3 heteroatoms. The van der Waals surface area contributed by atoms with Gasteiger partial charge in [0.1, 0.15) is 5.75 Å². The van der Waals surface area contributed by atoms with Crippen LogP contribution in [0, 0.1) is 5.92 Å². The van der Waals surface area contributed by atoms with Crippen molar-refractivity contribution in [3.05, 3.63) is 28.8 Å². The van der Waals surface area contributed by atoms with E-state index in [4.69, 9.17) is 22.1 Å². The van der Waals surface area contributed by atoms with Gasteiger partial charge in [0, 0.05) is 16.1 Å². The zero-order chi connectivity index (χ0) is 11.2. The topological polar surface area (TPSA) is 35.2 Å². The molecule has 1 aromatic rings. The highest BCUT2D eigenvalue weighted by Crippen LogP contribution is 2.47. The molecule has 3 rings (SSSR count). The molecule has 0 spiro atoms. The summed E-state index contributed by atoms with van der Waals surface area (Å²) < 4.78 is 5.84. The summed E-state index contributed by atoms with van der Waals surface area (Å²) in [6.45, 7) is 0.824. The van der Waals surface area contributed by atoms with Crippen LogP contribution >= 0.6 is 11.6 Å². The first-order valence-corrected chi connectivity index (χ1v) is 6.27. The second-order valence-corrected chi connectivity index (χ2v) is 5.49. The van der Waals surface area contributed by atoms with Gasteiger partial charge in [-0.3, -0.25) is 0 Å². The van der Waals surface area contributed by atoms with Crippen LogP contribution in [0.25, 0.3) is 0 Å². The lowest BCUT2D eigenvalue weighted by Gasteiger charge is -2.16. The third-order valence-corrected chi connectivity index (χ3v) is 3.67. The summed E-state index contributed by atoms with van der Waals surface area (Å²) in [7, 11) is 0. The molecule has 2 nitrogen and oxygen atoms in total. The van der Waals surface area contributed by atoms with Gasteiger partial charge in [-0.05, 0) is 49.8 Å². The van der Waals surface area contributed by atoms with Gasteiger partial charge >= 0.3 is 0 Å². The van der Waals surface area contributed by atoms with E-state index in [1.54, 1.807) is 0 Å². The van der Waals surface area contributed by atoms with Crippen molar-refractivity contribution in [2.75, 3.05) is 6.61 Å². The van der Waals surface area contributed by atoms with Crippen LogP contribution in [0.5, 0.6) is 5.75 Å². The maximum atomic E-state index is 6.22. The molecular formula is C13H16ClNO. The lowest BCUT2D eigenvalue weighted by Crippen LogP contribution is -2.20. The lowest BCUT2D eigenvalue weighted by molar-refractivity contribution is 0.294. The summed E-state index contributed by atoms with van der Waals surface area (Å²) in [5.74, 6) is 1.69. The van der Waals surface area contributed by atoms with Gasteiger partial charge in [0.2, 0.25) is 0 Å². The average Bonchev–Trinajstić information content (AvgIpc) is 3.13. The average molecular weight is 238 g/mol. The fraction of sp³-hybridized carbons (Fsp3) is 0.538. The van der Waals surface area contributed by atoms with Gasteiger partial charge in [-0.15, -0.1) is 0 Å². The van der Waals surface area contributed by atoms with Gasteiger partial charge in [-0.1, -0.05) is 11.6 Å². The summed E-state index contributed by atoms with van der Waals surface area (Å²) in [6.07, 6.45) is 4.67. The highest BCUT2D eigenvalue weighted by atomic mass is 35.5. The standard InChI is InChI=1S/C13H16ClNO/c14-10-3-4-12(16-8-9-1-2-9)11(7-10)13(15)5-6-13/h3-4,7,9H,1-2,5-6,8,15H2. The van der Waals surface area contributed by atoms with E-state index >= 15 is 0 Å². The SMILES string of the molecule is NC1(c2cc(Cl)ccc2OCC2CC2)CC1. The number of halogens is 1. The highest BCUT2D eigenvalue weighted by Gasteiger charge is 2.42. The Morgan fingerprint density at radius 1 is 1.38 bits per heavy atom. The second-order valence-electron chi connectivity index (χ2n) is 5.05. The number of nitrogens with two attached hydrogens (primary N) is 1. The van der Waals surface area contributed by atoms with Crippen molar-refractivity contribution < 1.29 is 4.74 Å². The smallest absolute Gasteiger partial charge is 0.124 e. The van der Waals surface area contributed by atoms with Crippen molar-refractivity contribution in [2.45, 2.75) is 31.2 Å².